The molecule has 1 aliphatic rings. The molecule has 1 aliphatic heterocycles. The maximum Gasteiger partial charge on any atom is 0.229 e. The molecule has 124 valence electrons. The molecule has 7 nitrogen and oxygen atoms in total. The van der Waals surface area contributed by atoms with Crippen LogP contribution in [0.25, 0.3) is 0 Å². The molecule has 3 heterocycles. The Bertz CT molecular complexity index is 657. The van der Waals surface area contributed by atoms with Gasteiger partial charge in [0.2, 0.25) is 11.1 Å². The van der Waals surface area contributed by atoms with E-state index >= 15 is 0 Å². The lowest BCUT2D eigenvalue weighted by Crippen LogP contribution is -2.15. The van der Waals surface area contributed by atoms with Gasteiger partial charge in [0.25, 0.3) is 0 Å². The van der Waals surface area contributed by atoms with Crippen molar-refractivity contribution in [1.29, 1.82) is 0 Å². The molecule has 23 heavy (non-hydrogen) atoms. The number of hydrogen-bond acceptors (Lipinski definition) is 5. The lowest BCUT2D eigenvalue weighted by atomic mass is 9.99. The monoisotopic (exact) mass is 338 g/mol. The van der Waals surface area contributed by atoms with Gasteiger partial charge in [0.15, 0.2) is 5.82 Å². The molecular formula is C15H19ClN4O3. The second kappa shape index (κ2) is 7.14. The molecule has 0 aromatic carbocycles. The van der Waals surface area contributed by atoms with E-state index in [2.05, 4.69) is 20.7 Å². The van der Waals surface area contributed by atoms with E-state index in [9.17, 15) is 4.79 Å². The fourth-order valence-corrected chi connectivity index (χ4v) is 2.95. The summed E-state index contributed by atoms with van der Waals surface area (Å²) in [5.41, 5.74) is 2.48. The van der Waals surface area contributed by atoms with Gasteiger partial charge in [-0.3, -0.25) is 9.89 Å². The Morgan fingerprint density at radius 1 is 1.57 bits per heavy atom. The van der Waals surface area contributed by atoms with Crippen LogP contribution in [0.15, 0.2) is 10.6 Å². The van der Waals surface area contributed by atoms with Crippen LogP contribution in [0.3, 0.4) is 0 Å². The number of H-pyrrole nitrogens is 1. The highest BCUT2D eigenvalue weighted by Crippen LogP contribution is 2.25. The van der Waals surface area contributed by atoms with Crippen LogP contribution in [-0.2, 0) is 16.0 Å². The number of anilines is 1. The zero-order valence-electron chi connectivity index (χ0n) is 12.9. The molecule has 1 atom stereocenters. The summed E-state index contributed by atoms with van der Waals surface area (Å²) in [6.45, 7) is 3.31. The van der Waals surface area contributed by atoms with E-state index in [4.69, 9.17) is 20.9 Å². The summed E-state index contributed by atoms with van der Waals surface area (Å²) in [6, 6.07) is 1.87. The highest BCUT2D eigenvalue weighted by atomic mass is 35.5. The van der Waals surface area contributed by atoms with Crippen LogP contribution >= 0.6 is 11.6 Å². The van der Waals surface area contributed by atoms with Gasteiger partial charge in [0.1, 0.15) is 0 Å². The Balaban J connectivity index is 1.53. The predicted molar refractivity (Wildman–Crippen MR) is 84.6 cm³/mol. The molecule has 2 N–H and O–H groups in total. The third-order valence-electron chi connectivity index (χ3n) is 4.00. The second-order valence-electron chi connectivity index (χ2n) is 5.69. The summed E-state index contributed by atoms with van der Waals surface area (Å²) in [7, 11) is 0. The van der Waals surface area contributed by atoms with Crippen LogP contribution in [0.5, 0.6) is 0 Å². The fraction of sp³-hybridized carbons (Fsp3) is 0.533. The van der Waals surface area contributed by atoms with Gasteiger partial charge < -0.3 is 14.6 Å². The van der Waals surface area contributed by atoms with Gasteiger partial charge in [0, 0.05) is 36.3 Å². The lowest BCUT2D eigenvalue weighted by molar-refractivity contribution is -0.116. The average Bonchev–Trinajstić information content (AvgIpc) is 3.14. The molecule has 1 saturated heterocycles. The van der Waals surface area contributed by atoms with Crippen molar-refractivity contribution in [2.75, 3.05) is 18.5 Å². The summed E-state index contributed by atoms with van der Waals surface area (Å²) in [5, 5.41) is 13.9. The molecular weight excluding hydrogens is 320 g/mol. The smallest absolute Gasteiger partial charge is 0.229 e. The lowest BCUT2D eigenvalue weighted by Gasteiger charge is -2.20. The zero-order chi connectivity index (χ0) is 16.2. The number of carbonyl (C=O) groups excluding carboxylic acids is 1. The number of hydrogen-bond donors (Lipinski definition) is 2. The van der Waals surface area contributed by atoms with Crippen molar-refractivity contribution >= 4 is 23.3 Å². The summed E-state index contributed by atoms with van der Waals surface area (Å²) in [4.78, 5) is 12.0. The number of aromatic nitrogens is 3. The number of amides is 1. The Labute approximate surface area is 138 Å². The Morgan fingerprint density at radius 2 is 2.43 bits per heavy atom. The SMILES string of the molecule is Cc1noc(Cl)c1CCC(=O)Nc1cc(C2CCCOC2)[nH]n1. The normalized spacial score (nSPS) is 18.1. The number of ether oxygens (including phenoxy) is 1. The highest BCUT2D eigenvalue weighted by molar-refractivity contribution is 6.29. The first-order chi connectivity index (χ1) is 11.1. The quantitative estimate of drug-likeness (QED) is 0.874. The van der Waals surface area contributed by atoms with Crippen LogP contribution in [0.4, 0.5) is 5.82 Å². The third-order valence-corrected chi connectivity index (χ3v) is 4.30. The number of aryl methyl sites for hydroxylation is 1. The molecule has 0 bridgehead atoms. The van der Waals surface area contributed by atoms with Crippen LogP contribution in [0.1, 0.15) is 42.1 Å². The molecule has 0 spiro atoms. The molecule has 2 aromatic heterocycles. The molecule has 1 fully saturated rings. The van der Waals surface area contributed by atoms with Crippen LogP contribution in [-0.4, -0.2) is 34.5 Å². The van der Waals surface area contributed by atoms with E-state index in [-0.39, 0.29) is 17.5 Å². The minimum absolute atomic E-state index is 0.125. The Morgan fingerprint density at radius 3 is 3.13 bits per heavy atom. The Kier molecular flexibility index (Phi) is 4.97. The van der Waals surface area contributed by atoms with E-state index in [0.717, 1.165) is 30.7 Å². The van der Waals surface area contributed by atoms with E-state index in [1.165, 1.54) is 0 Å². The van der Waals surface area contributed by atoms with E-state index in [0.29, 0.717) is 30.5 Å². The standard InChI is InChI=1S/C15H19ClN4O3/c1-9-11(15(16)23-20-9)4-5-14(21)17-13-7-12(18-19-13)10-3-2-6-22-8-10/h7,10H,2-6,8H2,1H3,(H2,17,18,19,21). The van der Waals surface area contributed by atoms with Gasteiger partial charge in [-0.05, 0) is 37.8 Å². The van der Waals surface area contributed by atoms with Crippen molar-refractivity contribution in [1.82, 2.24) is 15.4 Å². The molecule has 0 aliphatic carbocycles. The molecule has 1 amide bonds. The fourth-order valence-electron chi connectivity index (χ4n) is 2.68. The van der Waals surface area contributed by atoms with Crippen molar-refractivity contribution in [2.45, 2.75) is 38.5 Å². The molecule has 0 radical (unpaired) electrons. The number of aromatic amines is 1. The van der Waals surface area contributed by atoms with Crippen molar-refractivity contribution in [3.63, 3.8) is 0 Å². The van der Waals surface area contributed by atoms with Gasteiger partial charge in [0.05, 0.1) is 12.3 Å². The number of rotatable bonds is 5. The van der Waals surface area contributed by atoms with E-state index in [1.54, 1.807) is 6.92 Å². The molecule has 0 saturated carbocycles. The molecule has 3 rings (SSSR count). The topological polar surface area (TPSA) is 93.0 Å². The summed E-state index contributed by atoms with van der Waals surface area (Å²) in [6.07, 6.45) is 2.88. The van der Waals surface area contributed by atoms with Crippen molar-refractivity contribution < 1.29 is 14.1 Å². The minimum atomic E-state index is -0.125. The Hall–Kier alpha value is -1.86. The van der Waals surface area contributed by atoms with Gasteiger partial charge >= 0.3 is 0 Å². The highest BCUT2D eigenvalue weighted by Gasteiger charge is 2.19. The molecule has 8 heteroatoms. The number of nitrogens with one attached hydrogen (secondary N) is 2. The van der Waals surface area contributed by atoms with Crippen molar-refractivity contribution in [2.24, 2.45) is 0 Å². The average molecular weight is 339 g/mol. The first kappa shape index (κ1) is 16.0. The summed E-state index contributed by atoms with van der Waals surface area (Å²) < 4.78 is 10.3. The molecule has 1 unspecified atom stereocenters. The largest absolute Gasteiger partial charge is 0.381 e. The first-order valence-corrected chi connectivity index (χ1v) is 8.05. The van der Waals surface area contributed by atoms with Gasteiger partial charge in [-0.25, -0.2) is 0 Å². The number of carbonyl (C=O) groups is 1. The third kappa shape index (κ3) is 3.92. The van der Waals surface area contributed by atoms with Crippen molar-refractivity contribution in [3.8, 4) is 0 Å². The van der Waals surface area contributed by atoms with Crippen LogP contribution in [0, 0.1) is 6.92 Å². The number of nitrogens with zero attached hydrogens (tertiary/aromatic N) is 2. The van der Waals surface area contributed by atoms with Gasteiger partial charge in [-0.2, -0.15) is 5.10 Å². The van der Waals surface area contributed by atoms with Gasteiger partial charge in [-0.1, -0.05) is 5.16 Å². The van der Waals surface area contributed by atoms with E-state index < -0.39 is 0 Å². The van der Waals surface area contributed by atoms with Gasteiger partial charge in [-0.15, -0.1) is 0 Å². The number of halogens is 1. The minimum Gasteiger partial charge on any atom is -0.381 e. The zero-order valence-corrected chi connectivity index (χ0v) is 13.7. The summed E-state index contributed by atoms with van der Waals surface area (Å²) in [5.74, 6) is 0.726. The first-order valence-electron chi connectivity index (χ1n) is 7.67. The summed E-state index contributed by atoms with van der Waals surface area (Å²) >= 11 is 5.89. The van der Waals surface area contributed by atoms with Crippen molar-refractivity contribution in [3.05, 3.63) is 28.2 Å². The van der Waals surface area contributed by atoms with Crippen LogP contribution < -0.4 is 5.32 Å². The maximum absolute atomic E-state index is 12.0. The molecule has 2 aromatic rings. The maximum atomic E-state index is 12.0. The second-order valence-corrected chi connectivity index (χ2v) is 6.03. The predicted octanol–water partition coefficient (Wildman–Crippen LogP) is 2.82. The van der Waals surface area contributed by atoms with Crippen LogP contribution in [0.2, 0.25) is 5.22 Å². The van der Waals surface area contributed by atoms with E-state index in [1.807, 2.05) is 6.07 Å².